The van der Waals surface area contributed by atoms with Crippen molar-refractivity contribution in [3.8, 4) is 0 Å². The fourth-order valence-corrected chi connectivity index (χ4v) is 2.42. The molecule has 1 rings (SSSR count). The van der Waals surface area contributed by atoms with E-state index in [0.717, 1.165) is 5.38 Å². The molecule has 0 saturated heterocycles. The summed E-state index contributed by atoms with van der Waals surface area (Å²) in [5, 5.41) is 13.7. The molecule has 0 aliphatic heterocycles. The number of halogens is 3. The Morgan fingerprint density at radius 1 is 1.45 bits per heavy atom. The third-order valence-corrected chi connectivity index (χ3v) is 3.35. The number of thiophene rings is 1. The standard InChI is InChI=1S/C12H15F3N2O4S/c1-3-21-10(19)8-7(12(13,14)15)5-22-9(8)17-11(20)16-6(2)4-18/h5-6,18H,3-4H2,1-2H3,(H2,16,17,20)/t6-/m0/s1. The summed E-state index contributed by atoms with van der Waals surface area (Å²) < 4.78 is 43.3. The average Bonchev–Trinajstić information content (AvgIpc) is 2.82. The highest BCUT2D eigenvalue weighted by Crippen LogP contribution is 2.39. The molecule has 0 bridgehead atoms. The van der Waals surface area contributed by atoms with Crippen LogP contribution in [0, 0.1) is 0 Å². The minimum atomic E-state index is -4.74. The van der Waals surface area contributed by atoms with Gasteiger partial charge in [-0.15, -0.1) is 11.3 Å². The summed E-state index contributed by atoms with van der Waals surface area (Å²) in [6, 6.07) is -1.42. The Hall–Kier alpha value is -1.81. The van der Waals surface area contributed by atoms with E-state index in [9.17, 15) is 22.8 Å². The van der Waals surface area contributed by atoms with Crippen molar-refractivity contribution in [1.29, 1.82) is 0 Å². The lowest BCUT2D eigenvalue weighted by molar-refractivity contribution is -0.137. The summed E-state index contributed by atoms with van der Waals surface area (Å²) in [6.07, 6.45) is -4.74. The van der Waals surface area contributed by atoms with Gasteiger partial charge in [-0.2, -0.15) is 13.2 Å². The summed E-state index contributed by atoms with van der Waals surface area (Å²) in [6.45, 7) is 2.53. The van der Waals surface area contributed by atoms with Gasteiger partial charge in [0.25, 0.3) is 0 Å². The third kappa shape index (κ3) is 4.60. The topological polar surface area (TPSA) is 87.7 Å². The molecule has 0 fully saturated rings. The van der Waals surface area contributed by atoms with Crippen molar-refractivity contribution in [1.82, 2.24) is 5.32 Å². The molecule has 1 heterocycles. The number of ether oxygens (including phenoxy) is 1. The van der Waals surface area contributed by atoms with Crippen LogP contribution in [-0.2, 0) is 10.9 Å². The van der Waals surface area contributed by atoms with Crippen LogP contribution in [0.15, 0.2) is 5.38 Å². The van der Waals surface area contributed by atoms with E-state index in [1.165, 1.54) is 13.8 Å². The highest BCUT2D eigenvalue weighted by Gasteiger charge is 2.39. The van der Waals surface area contributed by atoms with Gasteiger partial charge in [0.1, 0.15) is 10.6 Å². The van der Waals surface area contributed by atoms with Crippen molar-refractivity contribution >= 4 is 28.3 Å². The number of amides is 2. The van der Waals surface area contributed by atoms with Crippen molar-refractivity contribution in [3.63, 3.8) is 0 Å². The molecular formula is C12H15F3N2O4S. The lowest BCUT2D eigenvalue weighted by Crippen LogP contribution is -2.38. The molecule has 0 radical (unpaired) electrons. The fourth-order valence-electron chi connectivity index (χ4n) is 1.47. The number of urea groups is 1. The SMILES string of the molecule is CCOC(=O)c1c(C(F)(F)F)csc1NC(=O)N[C@@H](C)CO. The van der Waals surface area contributed by atoms with Crippen LogP contribution in [-0.4, -0.2) is 36.4 Å². The predicted molar refractivity (Wildman–Crippen MR) is 74.0 cm³/mol. The molecule has 10 heteroatoms. The monoisotopic (exact) mass is 340 g/mol. The summed E-state index contributed by atoms with van der Waals surface area (Å²) in [7, 11) is 0. The molecule has 6 nitrogen and oxygen atoms in total. The summed E-state index contributed by atoms with van der Waals surface area (Å²) >= 11 is 0.565. The molecule has 0 unspecified atom stereocenters. The van der Waals surface area contributed by atoms with Crippen molar-refractivity contribution in [3.05, 3.63) is 16.5 Å². The first-order valence-corrected chi connectivity index (χ1v) is 7.12. The van der Waals surface area contributed by atoms with E-state index in [1.807, 2.05) is 0 Å². The first-order valence-electron chi connectivity index (χ1n) is 6.24. The lowest BCUT2D eigenvalue weighted by Gasteiger charge is -2.13. The number of esters is 1. The Balaban J connectivity index is 3.07. The van der Waals surface area contributed by atoms with Gasteiger partial charge in [0.2, 0.25) is 0 Å². The van der Waals surface area contributed by atoms with Gasteiger partial charge in [-0.1, -0.05) is 0 Å². The van der Waals surface area contributed by atoms with E-state index < -0.39 is 35.3 Å². The molecule has 1 aromatic heterocycles. The van der Waals surface area contributed by atoms with Crippen molar-refractivity contribution in [2.45, 2.75) is 26.1 Å². The quantitative estimate of drug-likeness (QED) is 0.719. The number of carbonyl (C=O) groups excluding carboxylic acids is 2. The van der Waals surface area contributed by atoms with Crippen LogP contribution >= 0.6 is 11.3 Å². The predicted octanol–water partition coefficient (Wildman–Crippen LogP) is 2.45. The van der Waals surface area contributed by atoms with E-state index in [4.69, 9.17) is 5.11 Å². The van der Waals surface area contributed by atoms with E-state index >= 15 is 0 Å². The molecule has 0 aromatic carbocycles. The average molecular weight is 340 g/mol. The van der Waals surface area contributed by atoms with Crippen LogP contribution in [0.4, 0.5) is 23.0 Å². The molecule has 3 N–H and O–H groups in total. The third-order valence-electron chi connectivity index (χ3n) is 2.45. The van der Waals surface area contributed by atoms with Gasteiger partial charge in [0, 0.05) is 5.38 Å². The van der Waals surface area contributed by atoms with Crippen LogP contribution in [0.2, 0.25) is 0 Å². The van der Waals surface area contributed by atoms with Crippen LogP contribution in [0.3, 0.4) is 0 Å². The summed E-state index contributed by atoms with van der Waals surface area (Å²) in [4.78, 5) is 23.3. The first-order chi connectivity index (χ1) is 10.2. The molecule has 1 aromatic rings. The number of aliphatic hydroxyl groups is 1. The zero-order valence-corrected chi connectivity index (χ0v) is 12.6. The van der Waals surface area contributed by atoms with E-state index in [1.54, 1.807) is 0 Å². The number of anilines is 1. The zero-order valence-electron chi connectivity index (χ0n) is 11.8. The van der Waals surface area contributed by atoms with Crippen LogP contribution in [0.1, 0.15) is 29.8 Å². The van der Waals surface area contributed by atoms with Gasteiger partial charge in [0.05, 0.1) is 24.8 Å². The van der Waals surface area contributed by atoms with Gasteiger partial charge in [0.15, 0.2) is 0 Å². The molecule has 0 aliphatic carbocycles. The molecule has 124 valence electrons. The van der Waals surface area contributed by atoms with Gasteiger partial charge in [-0.05, 0) is 13.8 Å². The molecule has 0 saturated carbocycles. The zero-order chi connectivity index (χ0) is 16.9. The maximum atomic E-state index is 12.9. The van der Waals surface area contributed by atoms with Gasteiger partial charge >= 0.3 is 18.2 Å². The van der Waals surface area contributed by atoms with Crippen molar-refractivity contribution in [2.24, 2.45) is 0 Å². The lowest BCUT2D eigenvalue weighted by atomic mass is 10.2. The largest absolute Gasteiger partial charge is 0.462 e. The molecule has 0 aliphatic rings. The summed E-state index contributed by atoms with van der Waals surface area (Å²) in [5.41, 5.74) is -1.90. The van der Waals surface area contributed by atoms with Gasteiger partial charge < -0.3 is 15.2 Å². The van der Waals surface area contributed by atoms with Gasteiger partial charge in [-0.3, -0.25) is 5.32 Å². The fraction of sp³-hybridized carbons (Fsp3) is 0.500. The second-order valence-electron chi connectivity index (χ2n) is 4.25. The van der Waals surface area contributed by atoms with Crippen LogP contribution < -0.4 is 10.6 Å². The number of nitrogens with one attached hydrogen (secondary N) is 2. The second kappa shape index (κ2) is 7.45. The Morgan fingerprint density at radius 3 is 2.59 bits per heavy atom. The molecule has 2 amide bonds. The minimum absolute atomic E-state index is 0.0981. The number of hydrogen-bond donors (Lipinski definition) is 3. The Morgan fingerprint density at radius 2 is 2.09 bits per heavy atom. The smallest absolute Gasteiger partial charge is 0.418 e. The molecule has 22 heavy (non-hydrogen) atoms. The first kappa shape index (κ1) is 18.2. The van der Waals surface area contributed by atoms with Crippen LogP contribution in [0.25, 0.3) is 0 Å². The molecular weight excluding hydrogens is 325 g/mol. The van der Waals surface area contributed by atoms with Crippen LogP contribution in [0.5, 0.6) is 0 Å². The maximum Gasteiger partial charge on any atom is 0.418 e. The number of hydrogen-bond acceptors (Lipinski definition) is 5. The Kier molecular flexibility index (Phi) is 6.18. The number of alkyl halides is 3. The van der Waals surface area contributed by atoms with Crippen molar-refractivity contribution in [2.75, 3.05) is 18.5 Å². The van der Waals surface area contributed by atoms with E-state index in [-0.39, 0.29) is 18.2 Å². The van der Waals surface area contributed by atoms with E-state index in [2.05, 4.69) is 15.4 Å². The molecule has 1 atom stereocenters. The number of aliphatic hydroxyl groups excluding tert-OH is 1. The maximum absolute atomic E-state index is 12.9. The summed E-state index contributed by atoms with van der Waals surface area (Å²) in [5.74, 6) is -1.17. The Labute approximate surface area is 128 Å². The minimum Gasteiger partial charge on any atom is -0.462 e. The highest BCUT2D eigenvalue weighted by atomic mass is 32.1. The molecule has 0 spiro atoms. The highest BCUT2D eigenvalue weighted by molar-refractivity contribution is 7.15. The number of carbonyl (C=O) groups is 2. The number of rotatable bonds is 5. The second-order valence-corrected chi connectivity index (χ2v) is 5.13. The van der Waals surface area contributed by atoms with Crippen molar-refractivity contribution < 1.29 is 32.6 Å². The van der Waals surface area contributed by atoms with E-state index in [0.29, 0.717) is 11.3 Å². The Bertz CT molecular complexity index is 545. The normalized spacial score (nSPS) is 12.6. The van der Waals surface area contributed by atoms with Gasteiger partial charge in [-0.25, -0.2) is 9.59 Å².